The van der Waals surface area contributed by atoms with Crippen LogP contribution in [0.2, 0.25) is 0 Å². The Labute approximate surface area is 102 Å². The molecule has 0 amide bonds. The largest absolute Gasteiger partial charge is 0.378 e. The lowest BCUT2D eigenvalue weighted by molar-refractivity contribution is 0.0987. The number of carbonyl (C=O) groups is 1. The van der Waals surface area contributed by atoms with Gasteiger partial charge in [-0.2, -0.15) is 0 Å². The molecule has 0 N–H and O–H groups in total. The highest BCUT2D eigenvalue weighted by Crippen LogP contribution is 2.18. The van der Waals surface area contributed by atoms with Crippen LogP contribution >= 0.6 is 0 Å². The maximum atomic E-state index is 11.6. The molecule has 1 saturated heterocycles. The van der Waals surface area contributed by atoms with Gasteiger partial charge in [-0.05, 0) is 18.6 Å². The Bertz CT molecular complexity index is 412. The molecule has 1 aliphatic heterocycles. The zero-order valence-corrected chi connectivity index (χ0v) is 10.4. The van der Waals surface area contributed by atoms with Gasteiger partial charge in [0.15, 0.2) is 5.78 Å². The molecule has 0 aromatic carbocycles. The number of ether oxygens (including phenoxy) is 1. The summed E-state index contributed by atoms with van der Waals surface area (Å²) in [6.45, 7) is 7.07. The standard InChI is InChI=1S/C13H18N2O2/c1-3-12(16)11-9-14-13(8-10(11)2)15-4-6-17-7-5-15/h8-9H,3-7H2,1-2H3. The van der Waals surface area contributed by atoms with E-state index in [0.29, 0.717) is 6.42 Å². The first-order chi connectivity index (χ1) is 8.22. The van der Waals surface area contributed by atoms with E-state index in [-0.39, 0.29) is 5.78 Å². The van der Waals surface area contributed by atoms with Crippen LogP contribution in [0.1, 0.15) is 29.3 Å². The second-order valence-corrected chi connectivity index (χ2v) is 4.23. The van der Waals surface area contributed by atoms with E-state index in [2.05, 4.69) is 9.88 Å². The molecule has 0 atom stereocenters. The molecule has 0 radical (unpaired) electrons. The van der Waals surface area contributed by atoms with E-state index < -0.39 is 0 Å². The van der Waals surface area contributed by atoms with Crippen molar-refractivity contribution < 1.29 is 9.53 Å². The first kappa shape index (κ1) is 12.0. The van der Waals surface area contributed by atoms with Crippen LogP contribution in [0, 0.1) is 6.92 Å². The van der Waals surface area contributed by atoms with Gasteiger partial charge in [0.2, 0.25) is 0 Å². The number of nitrogens with zero attached hydrogens (tertiary/aromatic N) is 2. The lowest BCUT2D eigenvalue weighted by atomic mass is 10.1. The number of carbonyl (C=O) groups excluding carboxylic acids is 1. The summed E-state index contributed by atoms with van der Waals surface area (Å²) in [7, 11) is 0. The maximum Gasteiger partial charge on any atom is 0.164 e. The summed E-state index contributed by atoms with van der Waals surface area (Å²) in [6, 6.07) is 1.99. The van der Waals surface area contributed by atoms with Crippen LogP contribution in [0.3, 0.4) is 0 Å². The molecule has 92 valence electrons. The van der Waals surface area contributed by atoms with Crippen molar-refractivity contribution >= 4 is 11.6 Å². The monoisotopic (exact) mass is 234 g/mol. The first-order valence-electron chi connectivity index (χ1n) is 6.05. The van der Waals surface area contributed by atoms with Crippen LogP contribution in [-0.2, 0) is 4.74 Å². The van der Waals surface area contributed by atoms with Gasteiger partial charge in [-0.15, -0.1) is 0 Å². The van der Waals surface area contributed by atoms with Crippen molar-refractivity contribution in [2.24, 2.45) is 0 Å². The summed E-state index contributed by atoms with van der Waals surface area (Å²) in [5.74, 6) is 1.10. The smallest absolute Gasteiger partial charge is 0.164 e. The topological polar surface area (TPSA) is 42.4 Å². The van der Waals surface area contributed by atoms with Crippen molar-refractivity contribution in [2.45, 2.75) is 20.3 Å². The highest BCUT2D eigenvalue weighted by molar-refractivity contribution is 5.97. The van der Waals surface area contributed by atoms with Crippen LogP contribution in [0.25, 0.3) is 0 Å². The van der Waals surface area contributed by atoms with Gasteiger partial charge in [-0.1, -0.05) is 6.92 Å². The SMILES string of the molecule is CCC(=O)c1cnc(N2CCOCC2)cc1C. The van der Waals surface area contributed by atoms with Gasteiger partial charge >= 0.3 is 0 Å². The third-order valence-electron chi connectivity index (χ3n) is 3.05. The van der Waals surface area contributed by atoms with E-state index in [1.165, 1.54) is 0 Å². The maximum absolute atomic E-state index is 11.6. The fourth-order valence-corrected chi connectivity index (χ4v) is 1.99. The first-order valence-corrected chi connectivity index (χ1v) is 6.05. The molecule has 1 aliphatic rings. The summed E-state index contributed by atoms with van der Waals surface area (Å²) < 4.78 is 5.31. The lowest BCUT2D eigenvalue weighted by Gasteiger charge is -2.28. The van der Waals surface area contributed by atoms with Crippen LogP contribution in [0.15, 0.2) is 12.3 Å². The molecule has 17 heavy (non-hydrogen) atoms. The van der Waals surface area contributed by atoms with E-state index in [0.717, 1.165) is 43.2 Å². The summed E-state index contributed by atoms with van der Waals surface area (Å²) in [5, 5.41) is 0. The van der Waals surface area contributed by atoms with Crippen LogP contribution in [0.5, 0.6) is 0 Å². The Hall–Kier alpha value is -1.42. The number of aryl methyl sites for hydroxylation is 1. The molecule has 1 fully saturated rings. The molecular formula is C13H18N2O2. The zero-order chi connectivity index (χ0) is 12.3. The third-order valence-corrected chi connectivity index (χ3v) is 3.05. The van der Waals surface area contributed by atoms with E-state index in [1.807, 2.05) is 19.9 Å². The number of rotatable bonds is 3. The minimum absolute atomic E-state index is 0.156. The number of hydrogen-bond acceptors (Lipinski definition) is 4. The van der Waals surface area contributed by atoms with Crippen molar-refractivity contribution in [3.8, 4) is 0 Å². The van der Waals surface area contributed by atoms with Crippen molar-refractivity contribution in [1.29, 1.82) is 0 Å². The van der Waals surface area contributed by atoms with Gasteiger partial charge < -0.3 is 9.64 Å². The van der Waals surface area contributed by atoms with E-state index in [4.69, 9.17) is 4.74 Å². The fourth-order valence-electron chi connectivity index (χ4n) is 1.99. The molecule has 2 heterocycles. The normalized spacial score (nSPS) is 16.0. The van der Waals surface area contributed by atoms with E-state index >= 15 is 0 Å². The summed E-state index contributed by atoms with van der Waals surface area (Å²) >= 11 is 0. The number of pyridine rings is 1. The summed E-state index contributed by atoms with van der Waals surface area (Å²) in [4.78, 5) is 18.2. The second kappa shape index (κ2) is 5.27. The predicted octanol–water partition coefficient (Wildman–Crippen LogP) is 1.82. The van der Waals surface area contributed by atoms with Gasteiger partial charge in [0.1, 0.15) is 5.82 Å². The highest BCUT2D eigenvalue weighted by Gasteiger charge is 2.14. The van der Waals surface area contributed by atoms with Crippen molar-refractivity contribution in [2.75, 3.05) is 31.2 Å². The number of aromatic nitrogens is 1. The molecule has 0 saturated carbocycles. The minimum Gasteiger partial charge on any atom is -0.378 e. The molecule has 2 rings (SSSR count). The van der Waals surface area contributed by atoms with Crippen LogP contribution in [0.4, 0.5) is 5.82 Å². The third kappa shape index (κ3) is 2.64. The Balaban J connectivity index is 2.20. The van der Waals surface area contributed by atoms with Crippen molar-refractivity contribution in [3.63, 3.8) is 0 Å². The average Bonchev–Trinajstić information content (AvgIpc) is 2.39. The molecule has 4 nitrogen and oxygen atoms in total. The van der Waals surface area contributed by atoms with Crippen molar-refractivity contribution in [3.05, 3.63) is 23.4 Å². The quantitative estimate of drug-likeness (QED) is 0.748. The van der Waals surface area contributed by atoms with Gasteiger partial charge in [0.05, 0.1) is 13.2 Å². The Morgan fingerprint density at radius 3 is 2.76 bits per heavy atom. The summed E-state index contributed by atoms with van der Waals surface area (Å²) in [6.07, 6.45) is 2.23. The molecule has 1 aromatic rings. The molecular weight excluding hydrogens is 216 g/mol. The Morgan fingerprint density at radius 1 is 1.47 bits per heavy atom. The van der Waals surface area contributed by atoms with Crippen LogP contribution in [-0.4, -0.2) is 37.1 Å². The molecule has 0 spiro atoms. The lowest BCUT2D eigenvalue weighted by Crippen LogP contribution is -2.36. The minimum atomic E-state index is 0.156. The fraction of sp³-hybridized carbons (Fsp3) is 0.538. The number of Topliss-reactive ketones (excluding diaryl/α,β-unsaturated/α-hetero) is 1. The molecule has 1 aromatic heterocycles. The summed E-state index contributed by atoms with van der Waals surface area (Å²) in [5.41, 5.74) is 1.75. The molecule has 0 unspecified atom stereocenters. The zero-order valence-electron chi connectivity index (χ0n) is 10.4. The molecule has 0 bridgehead atoms. The number of morpholine rings is 1. The predicted molar refractivity (Wildman–Crippen MR) is 66.6 cm³/mol. The number of hydrogen-bond donors (Lipinski definition) is 0. The van der Waals surface area contributed by atoms with Gasteiger partial charge in [0, 0.05) is 31.3 Å². The average molecular weight is 234 g/mol. The highest BCUT2D eigenvalue weighted by atomic mass is 16.5. The number of ketones is 1. The van der Waals surface area contributed by atoms with Gasteiger partial charge in [-0.25, -0.2) is 4.98 Å². The second-order valence-electron chi connectivity index (χ2n) is 4.23. The van der Waals surface area contributed by atoms with Gasteiger partial charge in [0.25, 0.3) is 0 Å². The van der Waals surface area contributed by atoms with E-state index in [9.17, 15) is 4.79 Å². The Kier molecular flexibility index (Phi) is 3.74. The molecule has 0 aliphatic carbocycles. The van der Waals surface area contributed by atoms with Crippen LogP contribution < -0.4 is 4.90 Å². The Morgan fingerprint density at radius 2 is 2.18 bits per heavy atom. The molecule has 4 heteroatoms. The van der Waals surface area contributed by atoms with Crippen molar-refractivity contribution in [1.82, 2.24) is 4.98 Å². The van der Waals surface area contributed by atoms with E-state index in [1.54, 1.807) is 6.20 Å². The number of anilines is 1. The van der Waals surface area contributed by atoms with Gasteiger partial charge in [-0.3, -0.25) is 4.79 Å².